The third kappa shape index (κ3) is 5.46. The van der Waals surface area contributed by atoms with Gasteiger partial charge in [0.25, 0.3) is 5.82 Å². The number of hydrogen-bond donors (Lipinski definition) is 1. The Morgan fingerprint density at radius 1 is 0.919 bits per heavy atom. The zero-order valence-corrected chi connectivity index (χ0v) is 19.9. The third-order valence-electron chi connectivity index (χ3n) is 5.74. The van der Waals surface area contributed by atoms with Crippen molar-refractivity contribution in [3.63, 3.8) is 0 Å². The second kappa shape index (κ2) is 10.4. The van der Waals surface area contributed by atoms with E-state index in [0.717, 1.165) is 24.4 Å². The molecule has 1 N–H and O–H groups in total. The first kappa shape index (κ1) is 24.4. The average Bonchev–Trinajstić information content (AvgIpc) is 3.35. The van der Waals surface area contributed by atoms with Crippen molar-refractivity contribution in [2.75, 3.05) is 13.7 Å². The Morgan fingerprint density at radius 3 is 2.51 bits per heavy atom. The first-order valence-corrected chi connectivity index (χ1v) is 11.5. The molecule has 190 valence electrons. The van der Waals surface area contributed by atoms with Crippen LogP contribution in [0.3, 0.4) is 0 Å². The molecule has 0 unspecified atom stereocenters. The number of alkyl halides is 3. The highest BCUT2D eigenvalue weighted by atomic mass is 19.4. The lowest BCUT2D eigenvalue weighted by molar-refractivity contribution is -0.146. The molecular formula is C26H23F3N6O2. The van der Waals surface area contributed by atoms with Gasteiger partial charge >= 0.3 is 6.18 Å². The van der Waals surface area contributed by atoms with E-state index in [1.54, 1.807) is 37.4 Å². The summed E-state index contributed by atoms with van der Waals surface area (Å²) < 4.78 is 52.0. The molecule has 0 atom stereocenters. The van der Waals surface area contributed by atoms with Gasteiger partial charge in [0.2, 0.25) is 5.88 Å². The van der Waals surface area contributed by atoms with E-state index in [-0.39, 0.29) is 18.1 Å². The van der Waals surface area contributed by atoms with Crippen LogP contribution in [-0.4, -0.2) is 38.4 Å². The first-order valence-electron chi connectivity index (χ1n) is 11.5. The Labute approximate surface area is 210 Å². The van der Waals surface area contributed by atoms with Crippen LogP contribution < -0.4 is 14.8 Å². The number of nitrogens with one attached hydrogen (secondary N) is 1. The van der Waals surface area contributed by atoms with E-state index in [2.05, 4.69) is 25.6 Å². The van der Waals surface area contributed by atoms with Gasteiger partial charge in [-0.3, -0.25) is 4.98 Å². The van der Waals surface area contributed by atoms with Crippen molar-refractivity contribution in [3.05, 3.63) is 89.5 Å². The maximum atomic E-state index is 13.4. The number of benzene rings is 2. The molecule has 37 heavy (non-hydrogen) atoms. The van der Waals surface area contributed by atoms with Crippen molar-refractivity contribution in [3.8, 4) is 11.6 Å². The fraction of sp³-hybridized carbons (Fsp3) is 0.231. The highest BCUT2D eigenvalue weighted by Gasteiger charge is 2.38. The smallest absolute Gasteiger partial charge is 0.453 e. The van der Waals surface area contributed by atoms with E-state index >= 15 is 0 Å². The maximum Gasteiger partial charge on any atom is 0.453 e. The molecular weight excluding hydrogens is 485 g/mol. The van der Waals surface area contributed by atoms with Gasteiger partial charge in [-0.1, -0.05) is 36.4 Å². The summed E-state index contributed by atoms with van der Waals surface area (Å²) in [5.41, 5.74) is 2.62. The van der Waals surface area contributed by atoms with Gasteiger partial charge in [-0.05, 0) is 48.9 Å². The monoisotopic (exact) mass is 508 g/mol. The van der Waals surface area contributed by atoms with Gasteiger partial charge in [0.1, 0.15) is 12.4 Å². The lowest BCUT2D eigenvalue weighted by atomic mass is 10.1. The molecule has 0 amide bonds. The van der Waals surface area contributed by atoms with Crippen LogP contribution in [0.1, 0.15) is 22.8 Å². The van der Waals surface area contributed by atoms with Crippen molar-refractivity contribution in [1.29, 1.82) is 0 Å². The third-order valence-corrected chi connectivity index (χ3v) is 5.74. The molecule has 11 heteroatoms. The summed E-state index contributed by atoms with van der Waals surface area (Å²) >= 11 is 0. The van der Waals surface area contributed by atoms with Crippen molar-refractivity contribution in [2.45, 2.75) is 25.7 Å². The quantitative estimate of drug-likeness (QED) is 0.291. The predicted molar refractivity (Wildman–Crippen MR) is 130 cm³/mol. The maximum absolute atomic E-state index is 13.4. The molecule has 5 aromatic rings. The van der Waals surface area contributed by atoms with E-state index in [9.17, 15) is 13.2 Å². The molecule has 0 spiro atoms. The highest BCUT2D eigenvalue weighted by molar-refractivity contribution is 5.96. The number of nitrogens with zero attached hydrogens (tertiary/aromatic N) is 5. The number of rotatable bonds is 9. The summed E-state index contributed by atoms with van der Waals surface area (Å²) in [7, 11) is 1.64. The minimum Gasteiger partial charge on any atom is -0.497 e. The summed E-state index contributed by atoms with van der Waals surface area (Å²) in [5.74, 6) is -0.345. The van der Waals surface area contributed by atoms with Gasteiger partial charge in [-0.25, -0.2) is 0 Å². The SMILES string of the molecule is COc1cccc(CCNCc2cccc(COc3nn4c(C(F)(F)F)nnc4c4ccccc34)n2)c1. The zero-order chi connectivity index (χ0) is 25.8. The normalized spacial score (nSPS) is 11.8. The van der Waals surface area contributed by atoms with Crippen LogP contribution in [-0.2, 0) is 25.7 Å². The Morgan fingerprint density at radius 2 is 1.70 bits per heavy atom. The minimum absolute atomic E-state index is 0.00965. The number of methoxy groups -OCH3 is 1. The van der Waals surface area contributed by atoms with Crippen LogP contribution in [0.15, 0.2) is 66.7 Å². The van der Waals surface area contributed by atoms with Gasteiger partial charge in [-0.15, -0.1) is 15.3 Å². The highest BCUT2D eigenvalue weighted by Crippen LogP contribution is 2.32. The summed E-state index contributed by atoms with van der Waals surface area (Å²) in [6, 6.07) is 20.3. The lowest BCUT2D eigenvalue weighted by Crippen LogP contribution is -2.18. The Hall–Kier alpha value is -4.25. The standard InChI is InChI=1S/C26H23F3N6O2/c1-36-20-9-4-6-17(14-20)12-13-30-15-18-7-5-8-19(31-18)16-37-24-22-11-3-2-10-21(22)23-32-33-25(26(27,28)29)35(23)34-24/h2-11,14,30H,12-13,15-16H2,1H3. The van der Waals surface area contributed by atoms with Crippen molar-refractivity contribution in [2.24, 2.45) is 0 Å². The number of fused-ring (bicyclic) bond motifs is 3. The predicted octanol–water partition coefficient (Wildman–Crippen LogP) is 4.61. The van der Waals surface area contributed by atoms with Crippen LogP contribution in [0.25, 0.3) is 16.4 Å². The van der Waals surface area contributed by atoms with Crippen LogP contribution in [0.5, 0.6) is 11.6 Å². The summed E-state index contributed by atoms with van der Waals surface area (Å²) in [6.07, 6.45) is -3.87. The fourth-order valence-electron chi connectivity index (χ4n) is 3.96. The van der Waals surface area contributed by atoms with E-state index in [4.69, 9.17) is 9.47 Å². The average molecular weight is 509 g/mol. The molecule has 0 aliphatic rings. The minimum atomic E-state index is -4.71. The second-order valence-corrected chi connectivity index (χ2v) is 8.29. The molecule has 0 bridgehead atoms. The molecule has 5 rings (SSSR count). The molecule has 0 saturated heterocycles. The van der Waals surface area contributed by atoms with Gasteiger partial charge in [0, 0.05) is 17.3 Å². The van der Waals surface area contributed by atoms with Gasteiger partial charge < -0.3 is 14.8 Å². The van der Waals surface area contributed by atoms with Gasteiger partial charge in [0.05, 0.1) is 18.5 Å². The summed E-state index contributed by atoms with van der Waals surface area (Å²) in [4.78, 5) is 4.60. The second-order valence-electron chi connectivity index (χ2n) is 8.29. The first-order chi connectivity index (χ1) is 17.9. The van der Waals surface area contributed by atoms with E-state index in [0.29, 0.717) is 27.5 Å². The van der Waals surface area contributed by atoms with Crippen LogP contribution in [0.2, 0.25) is 0 Å². The molecule has 2 aromatic carbocycles. The topological polar surface area (TPSA) is 86.5 Å². The Balaban J connectivity index is 1.27. The van der Waals surface area contributed by atoms with E-state index in [1.165, 1.54) is 5.56 Å². The molecule has 0 radical (unpaired) electrons. The molecule has 8 nitrogen and oxygen atoms in total. The van der Waals surface area contributed by atoms with E-state index < -0.39 is 12.0 Å². The number of pyridine rings is 1. The van der Waals surface area contributed by atoms with Gasteiger partial charge in [-0.2, -0.15) is 17.7 Å². The van der Waals surface area contributed by atoms with E-state index in [1.807, 2.05) is 36.4 Å². The Kier molecular flexibility index (Phi) is 6.87. The van der Waals surface area contributed by atoms with Crippen LogP contribution in [0.4, 0.5) is 13.2 Å². The molecule has 0 fully saturated rings. The number of ether oxygens (including phenoxy) is 2. The molecule has 3 heterocycles. The lowest BCUT2D eigenvalue weighted by Gasteiger charge is -2.11. The van der Waals surface area contributed by atoms with Gasteiger partial charge in [0.15, 0.2) is 5.65 Å². The largest absolute Gasteiger partial charge is 0.497 e. The van der Waals surface area contributed by atoms with Crippen molar-refractivity contribution >= 4 is 16.4 Å². The Bertz CT molecular complexity index is 1540. The summed E-state index contributed by atoms with van der Waals surface area (Å²) in [6.45, 7) is 1.34. The number of aromatic nitrogens is 5. The van der Waals surface area contributed by atoms with Crippen molar-refractivity contribution in [1.82, 2.24) is 30.1 Å². The molecule has 0 aliphatic heterocycles. The zero-order valence-electron chi connectivity index (χ0n) is 19.9. The van der Waals surface area contributed by atoms with Crippen molar-refractivity contribution < 1.29 is 22.6 Å². The number of halogens is 3. The molecule has 0 saturated carbocycles. The molecule has 3 aromatic heterocycles. The summed E-state index contributed by atoms with van der Waals surface area (Å²) in [5, 5.41) is 15.4. The number of hydrogen-bond acceptors (Lipinski definition) is 7. The van der Waals surface area contributed by atoms with Crippen LogP contribution in [0, 0.1) is 0 Å². The van der Waals surface area contributed by atoms with Crippen LogP contribution >= 0.6 is 0 Å². The molecule has 0 aliphatic carbocycles. The fourth-order valence-corrected chi connectivity index (χ4v) is 3.96.